The summed E-state index contributed by atoms with van der Waals surface area (Å²) < 4.78 is 0. The van der Waals surface area contributed by atoms with Crippen molar-refractivity contribution in [2.24, 2.45) is 5.73 Å². The molecule has 0 fully saturated rings. The maximum absolute atomic E-state index is 12.3. The zero-order valence-corrected chi connectivity index (χ0v) is 16.0. The molecule has 5 N–H and O–H groups in total. The molecule has 0 spiro atoms. The Morgan fingerprint density at radius 1 is 1.33 bits per heavy atom. The van der Waals surface area contributed by atoms with Gasteiger partial charge in [0.15, 0.2) is 6.29 Å². The molecule has 2 aromatic rings. The van der Waals surface area contributed by atoms with E-state index in [0.717, 1.165) is 5.69 Å². The average molecular weight is 389 g/mol. The SMILES string of the molecule is CC(C)(C)c1[nH]cnc1/C=C(\N)C(=O)N/C(C=O)=C\c1cc(Cl)ccc1O. The number of aldehydes is 1. The first-order valence-electron chi connectivity index (χ1n) is 8.09. The van der Waals surface area contributed by atoms with Crippen LogP contribution < -0.4 is 11.1 Å². The number of hydrogen-bond donors (Lipinski definition) is 4. The number of carbonyl (C=O) groups excluding carboxylic acids is 2. The van der Waals surface area contributed by atoms with Gasteiger partial charge in [0.05, 0.1) is 23.4 Å². The number of phenols is 1. The molecule has 27 heavy (non-hydrogen) atoms. The van der Waals surface area contributed by atoms with E-state index in [-0.39, 0.29) is 28.1 Å². The molecule has 0 radical (unpaired) electrons. The van der Waals surface area contributed by atoms with Crippen molar-refractivity contribution in [3.8, 4) is 5.75 Å². The Kier molecular flexibility index (Phi) is 6.07. The summed E-state index contributed by atoms with van der Waals surface area (Å²) in [5.74, 6) is -0.749. The monoisotopic (exact) mass is 388 g/mol. The van der Waals surface area contributed by atoms with Crippen LogP contribution in [0.1, 0.15) is 37.7 Å². The molecule has 0 saturated carbocycles. The second-order valence-electron chi connectivity index (χ2n) is 6.89. The second kappa shape index (κ2) is 8.09. The molecule has 0 bridgehead atoms. The molecule has 1 amide bonds. The van der Waals surface area contributed by atoms with E-state index in [1.54, 1.807) is 0 Å². The molecule has 0 aliphatic carbocycles. The van der Waals surface area contributed by atoms with Gasteiger partial charge in [0.1, 0.15) is 5.75 Å². The zero-order valence-electron chi connectivity index (χ0n) is 15.2. The summed E-state index contributed by atoms with van der Waals surface area (Å²) in [6.07, 6.45) is 4.71. The summed E-state index contributed by atoms with van der Waals surface area (Å²) in [5.41, 5.74) is 7.10. The number of rotatable bonds is 5. The van der Waals surface area contributed by atoms with Crippen LogP contribution in [0.4, 0.5) is 0 Å². The van der Waals surface area contributed by atoms with E-state index >= 15 is 0 Å². The van der Waals surface area contributed by atoms with Gasteiger partial charge in [-0.3, -0.25) is 9.59 Å². The van der Waals surface area contributed by atoms with Gasteiger partial charge in [0.2, 0.25) is 0 Å². The van der Waals surface area contributed by atoms with E-state index in [2.05, 4.69) is 15.3 Å². The smallest absolute Gasteiger partial charge is 0.271 e. The Hall–Kier alpha value is -3.06. The summed E-state index contributed by atoms with van der Waals surface area (Å²) in [6.45, 7) is 6.00. The van der Waals surface area contributed by atoms with Crippen molar-refractivity contribution in [1.82, 2.24) is 15.3 Å². The normalized spacial score (nSPS) is 12.7. The molecule has 142 valence electrons. The molecule has 0 aliphatic heterocycles. The fraction of sp³-hybridized carbons (Fsp3) is 0.211. The van der Waals surface area contributed by atoms with Crippen LogP contribution in [0.3, 0.4) is 0 Å². The van der Waals surface area contributed by atoms with Gasteiger partial charge in [-0.2, -0.15) is 0 Å². The Labute approximate surface area is 161 Å². The van der Waals surface area contributed by atoms with Crippen LogP contribution in [0.5, 0.6) is 5.75 Å². The molecule has 8 heteroatoms. The van der Waals surface area contributed by atoms with Crippen molar-refractivity contribution in [1.29, 1.82) is 0 Å². The van der Waals surface area contributed by atoms with E-state index in [0.29, 0.717) is 17.0 Å². The fourth-order valence-corrected chi connectivity index (χ4v) is 2.52. The Morgan fingerprint density at radius 2 is 2.04 bits per heavy atom. The molecule has 0 saturated heterocycles. The minimum atomic E-state index is -0.669. The number of aromatic hydroxyl groups is 1. The highest BCUT2D eigenvalue weighted by Gasteiger charge is 2.20. The van der Waals surface area contributed by atoms with Crippen LogP contribution >= 0.6 is 11.6 Å². The van der Waals surface area contributed by atoms with Crippen LogP contribution in [0.2, 0.25) is 5.02 Å². The fourth-order valence-electron chi connectivity index (χ4n) is 2.34. The third-order valence-corrected chi connectivity index (χ3v) is 3.89. The third-order valence-electron chi connectivity index (χ3n) is 3.66. The number of nitrogens with zero attached hydrogens (tertiary/aromatic N) is 1. The Morgan fingerprint density at radius 3 is 2.67 bits per heavy atom. The third kappa shape index (κ3) is 5.21. The highest BCUT2D eigenvalue weighted by atomic mass is 35.5. The number of phenolic OH excluding ortho intramolecular Hbond substituents is 1. The number of imidazole rings is 1. The van der Waals surface area contributed by atoms with E-state index in [9.17, 15) is 14.7 Å². The van der Waals surface area contributed by atoms with E-state index in [1.807, 2.05) is 20.8 Å². The summed E-state index contributed by atoms with van der Waals surface area (Å²) in [6, 6.07) is 4.36. The number of nitrogens with two attached hydrogens (primary N) is 1. The summed E-state index contributed by atoms with van der Waals surface area (Å²) in [4.78, 5) is 30.8. The van der Waals surface area contributed by atoms with Crippen molar-refractivity contribution in [3.63, 3.8) is 0 Å². The van der Waals surface area contributed by atoms with Gasteiger partial charge >= 0.3 is 0 Å². The first kappa shape index (κ1) is 20.3. The maximum atomic E-state index is 12.3. The number of nitrogens with one attached hydrogen (secondary N) is 2. The minimum absolute atomic E-state index is 0.0769. The number of amides is 1. The molecule has 2 rings (SSSR count). The van der Waals surface area contributed by atoms with E-state index in [4.69, 9.17) is 17.3 Å². The van der Waals surface area contributed by atoms with Crippen molar-refractivity contribution in [3.05, 3.63) is 57.9 Å². The summed E-state index contributed by atoms with van der Waals surface area (Å²) >= 11 is 5.88. The van der Waals surface area contributed by atoms with Gasteiger partial charge in [-0.1, -0.05) is 32.4 Å². The largest absolute Gasteiger partial charge is 0.507 e. The first-order valence-corrected chi connectivity index (χ1v) is 8.47. The number of allylic oxidation sites excluding steroid dienone is 1. The molecule has 0 unspecified atom stereocenters. The van der Waals surface area contributed by atoms with Crippen molar-refractivity contribution < 1.29 is 14.7 Å². The number of aromatic nitrogens is 2. The topological polar surface area (TPSA) is 121 Å². The molecule has 7 nitrogen and oxygen atoms in total. The first-order chi connectivity index (χ1) is 12.6. The van der Waals surface area contributed by atoms with E-state index in [1.165, 1.54) is 36.7 Å². The Balaban J connectivity index is 2.24. The molecular formula is C19H21ClN4O3. The van der Waals surface area contributed by atoms with Crippen LogP contribution in [-0.2, 0) is 15.0 Å². The number of hydrogen-bond acceptors (Lipinski definition) is 5. The van der Waals surface area contributed by atoms with Crippen molar-refractivity contribution in [2.75, 3.05) is 0 Å². The van der Waals surface area contributed by atoms with Gasteiger partial charge in [-0.15, -0.1) is 0 Å². The van der Waals surface area contributed by atoms with Crippen molar-refractivity contribution >= 4 is 35.9 Å². The van der Waals surface area contributed by atoms with Gasteiger partial charge < -0.3 is 21.1 Å². The maximum Gasteiger partial charge on any atom is 0.271 e. The molecule has 0 aliphatic rings. The van der Waals surface area contributed by atoms with Gasteiger partial charge in [0.25, 0.3) is 5.91 Å². The second-order valence-corrected chi connectivity index (χ2v) is 7.32. The van der Waals surface area contributed by atoms with Crippen LogP contribution in [0, 0.1) is 0 Å². The van der Waals surface area contributed by atoms with Crippen LogP contribution in [0.25, 0.3) is 12.2 Å². The quantitative estimate of drug-likeness (QED) is 0.463. The lowest BCUT2D eigenvalue weighted by Gasteiger charge is -2.17. The molecular weight excluding hydrogens is 368 g/mol. The molecule has 0 atom stereocenters. The molecule has 1 aromatic heterocycles. The number of benzene rings is 1. The number of halogens is 1. The molecule has 1 aromatic carbocycles. The number of carbonyl (C=O) groups is 2. The number of aromatic amines is 1. The predicted molar refractivity (Wildman–Crippen MR) is 105 cm³/mol. The predicted octanol–water partition coefficient (Wildman–Crippen LogP) is 2.72. The highest BCUT2D eigenvalue weighted by molar-refractivity contribution is 6.30. The van der Waals surface area contributed by atoms with Crippen molar-refractivity contribution in [2.45, 2.75) is 26.2 Å². The average Bonchev–Trinajstić information content (AvgIpc) is 3.05. The van der Waals surface area contributed by atoms with E-state index < -0.39 is 5.91 Å². The number of H-pyrrole nitrogens is 1. The lowest BCUT2D eigenvalue weighted by atomic mass is 9.90. The zero-order chi connectivity index (χ0) is 20.2. The van der Waals surface area contributed by atoms with Crippen LogP contribution in [0.15, 0.2) is 35.9 Å². The van der Waals surface area contributed by atoms with Gasteiger partial charge in [-0.25, -0.2) is 4.98 Å². The lowest BCUT2D eigenvalue weighted by molar-refractivity contribution is -0.117. The minimum Gasteiger partial charge on any atom is -0.507 e. The highest BCUT2D eigenvalue weighted by Crippen LogP contribution is 2.24. The Bertz CT molecular complexity index is 923. The summed E-state index contributed by atoms with van der Waals surface area (Å²) in [5, 5.41) is 12.6. The van der Waals surface area contributed by atoms with Crippen LogP contribution in [-0.4, -0.2) is 27.3 Å². The molecule has 1 heterocycles. The lowest BCUT2D eigenvalue weighted by Crippen LogP contribution is -2.28. The van der Waals surface area contributed by atoms with Gasteiger partial charge in [-0.05, 0) is 30.4 Å². The summed E-state index contributed by atoms with van der Waals surface area (Å²) in [7, 11) is 0. The van der Waals surface area contributed by atoms with Gasteiger partial charge in [0, 0.05) is 21.7 Å². The standard InChI is InChI=1S/C19H21ClN4O3/c1-19(2,3)17-15(22-10-23-17)8-14(21)18(27)24-13(9-25)7-11-6-12(20)4-5-16(11)26/h4-10,26H,21H2,1-3H3,(H,22,23)(H,24,27)/b13-7-,14-8-.